The monoisotopic (exact) mass is 258 g/mol. The van der Waals surface area contributed by atoms with Crippen molar-refractivity contribution in [1.82, 2.24) is 0 Å². The second kappa shape index (κ2) is 7.21. The van der Waals surface area contributed by atoms with E-state index in [1.54, 1.807) is 18.7 Å². The predicted molar refractivity (Wildman–Crippen MR) is 72.3 cm³/mol. The highest BCUT2D eigenvalue weighted by Crippen LogP contribution is 2.30. The molecule has 0 fully saturated rings. The van der Waals surface area contributed by atoms with E-state index >= 15 is 0 Å². The second-order valence-electron chi connectivity index (χ2n) is 3.92. The van der Waals surface area contributed by atoms with Crippen LogP contribution in [-0.4, -0.2) is 10.9 Å². The standard InChI is InChI=1S/C13H19ClOS/c1-3-4-5-8-16-13-7-6-11(10(2)15)9-12(13)14/h6-7,9-10,15H,3-5,8H2,1-2H3. The highest BCUT2D eigenvalue weighted by molar-refractivity contribution is 7.99. The molecule has 1 atom stereocenters. The lowest BCUT2D eigenvalue weighted by atomic mass is 10.1. The number of aliphatic hydroxyl groups is 1. The molecule has 0 amide bonds. The molecule has 0 heterocycles. The van der Waals surface area contributed by atoms with Crippen LogP contribution in [0, 0.1) is 0 Å². The molecule has 0 aliphatic carbocycles. The average molecular weight is 259 g/mol. The van der Waals surface area contributed by atoms with Crippen molar-refractivity contribution < 1.29 is 5.11 Å². The van der Waals surface area contributed by atoms with Crippen LogP contribution in [-0.2, 0) is 0 Å². The molecule has 0 saturated heterocycles. The molecule has 1 nitrogen and oxygen atoms in total. The topological polar surface area (TPSA) is 20.2 Å². The van der Waals surface area contributed by atoms with E-state index in [0.29, 0.717) is 0 Å². The van der Waals surface area contributed by atoms with Gasteiger partial charge in [0.2, 0.25) is 0 Å². The maximum Gasteiger partial charge on any atom is 0.0762 e. The van der Waals surface area contributed by atoms with Crippen molar-refractivity contribution in [3.8, 4) is 0 Å². The summed E-state index contributed by atoms with van der Waals surface area (Å²) in [4.78, 5) is 1.11. The first-order chi connectivity index (χ1) is 7.65. The molecule has 16 heavy (non-hydrogen) atoms. The minimum atomic E-state index is -0.448. The number of unbranched alkanes of at least 4 members (excludes halogenated alkanes) is 2. The van der Waals surface area contributed by atoms with Crippen LogP contribution < -0.4 is 0 Å². The number of hydrogen-bond donors (Lipinski definition) is 1. The van der Waals surface area contributed by atoms with Gasteiger partial charge in [-0.25, -0.2) is 0 Å². The van der Waals surface area contributed by atoms with E-state index in [1.807, 2.05) is 18.2 Å². The number of aliphatic hydroxyl groups excluding tert-OH is 1. The molecule has 1 aromatic carbocycles. The Balaban J connectivity index is 2.54. The molecule has 1 N–H and O–H groups in total. The molecule has 0 aromatic heterocycles. The van der Waals surface area contributed by atoms with E-state index in [4.69, 9.17) is 11.6 Å². The van der Waals surface area contributed by atoms with Gasteiger partial charge in [0.15, 0.2) is 0 Å². The fourth-order valence-corrected chi connectivity index (χ4v) is 2.71. The molecule has 0 saturated carbocycles. The van der Waals surface area contributed by atoms with Crippen molar-refractivity contribution in [1.29, 1.82) is 0 Å². The van der Waals surface area contributed by atoms with Crippen molar-refractivity contribution in [2.24, 2.45) is 0 Å². The van der Waals surface area contributed by atoms with Crippen molar-refractivity contribution in [3.05, 3.63) is 28.8 Å². The van der Waals surface area contributed by atoms with Gasteiger partial charge in [-0.1, -0.05) is 37.4 Å². The molecule has 0 spiro atoms. The Morgan fingerprint density at radius 2 is 2.12 bits per heavy atom. The largest absolute Gasteiger partial charge is 0.389 e. The molecule has 1 rings (SSSR count). The molecule has 0 aliphatic rings. The summed E-state index contributed by atoms with van der Waals surface area (Å²) in [5, 5.41) is 10.2. The lowest BCUT2D eigenvalue weighted by molar-refractivity contribution is 0.199. The van der Waals surface area contributed by atoms with Gasteiger partial charge in [0.25, 0.3) is 0 Å². The first kappa shape index (κ1) is 13.9. The Morgan fingerprint density at radius 3 is 2.69 bits per heavy atom. The van der Waals surface area contributed by atoms with Crippen LogP contribution in [0.1, 0.15) is 44.8 Å². The lowest BCUT2D eigenvalue weighted by Gasteiger charge is -2.08. The van der Waals surface area contributed by atoms with Crippen molar-refractivity contribution >= 4 is 23.4 Å². The van der Waals surface area contributed by atoms with Gasteiger partial charge in [-0.2, -0.15) is 0 Å². The van der Waals surface area contributed by atoms with Gasteiger partial charge < -0.3 is 5.11 Å². The molecule has 0 aliphatic heterocycles. The minimum Gasteiger partial charge on any atom is -0.389 e. The van der Waals surface area contributed by atoms with Crippen LogP contribution in [0.25, 0.3) is 0 Å². The van der Waals surface area contributed by atoms with Gasteiger partial charge in [-0.05, 0) is 36.8 Å². The molecule has 0 radical (unpaired) electrons. The third-order valence-corrected chi connectivity index (χ3v) is 4.03. The van der Waals surface area contributed by atoms with Crippen molar-refractivity contribution in [2.75, 3.05) is 5.75 Å². The zero-order valence-electron chi connectivity index (χ0n) is 9.87. The maximum atomic E-state index is 9.42. The van der Waals surface area contributed by atoms with Crippen molar-refractivity contribution in [2.45, 2.75) is 44.1 Å². The first-order valence-electron chi connectivity index (χ1n) is 5.75. The summed E-state index contributed by atoms with van der Waals surface area (Å²) in [5.74, 6) is 1.11. The molecule has 1 unspecified atom stereocenters. The summed E-state index contributed by atoms with van der Waals surface area (Å²) < 4.78 is 0. The summed E-state index contributed by atoms with van der Waals surface area (Å²) in [6.45, 7) is 3.95. The van der Waals surface area contributed by atoms with E-state index < -0.39 is 6.10 Å². The summed E-state index contributed by atoms with van der Waals surface area (Å²) >= 11 is 7.95. The number of thioether (sulfide) groups is 1. The van der Waals surface area contributed by atoms with E-state index in [9.17, 15) is 5.11 Å². The molecular weight excluding hydrogens is 240 g/mol. The van der Waals surface area contributed by atoms with E-state index in [1.165, 1.54) is 19.3 Å². The lowest BCUT2D eigenvalue weighted by Crippen LogP contribution is -1.91. The normalized spacial score (nSPS) is 12.8. The second-order valence-corrected chi connectivity index (χ2v) is 5.47. The Labute approximate surface area is 107 Å². The van der Waals surface area contributed by atoms with Crippen molar-refractivity contribution in [3.63, 3.8) is 0 Å². The van der Waals surface area contributed by atoms with Crippen LogP contribution in [0.2, 0.25) is 5.02 Å². The van der Waals surface area contributed by atoms with Gasteiger partial charge in [-0.3, -0.25) is 0 Å². The van der Waals surface area contributed by atoms with Crippen LogP contribution >= 0.6 is 23.4 Å². The smallest absolute Gasteiger partial charge is 0.0762 e. The maximum absolute atomic E-state index is 9.42. The summed E-state index contributed by atoms with van der Waals surface area (Å²) in [6.07, 6.45) is 3.30. The highest BCUT2D eigenvalue weighted by Gasteiger charge is 2.05. The number of benzene rings is 1. The van der Waals surface area contributed by atoms with Gasteiger partial charge in [0, 0.05) is 4.90 Å². The van der Waals surface area contributed by atoms with E-state index in [2.05, 4.69) is 6.92 Å². The highest BCUT2D eigenvalue weighted by atomic mass is 35.5. The van der Waals surface area contributed by atoms with E-state index in [-0.39, 0.29) is 0 Å². The SMILES string of the molecule is CCCCCSc1ccc(C(C)O)cc1Cl. The fourth-order valence-electron chi connectivity index (χ4n) is 1.43. The number of rotatable bonds is 6. The third kappa shape index (κ3) is 4.36. The van der Waals surface area contributed by atoms with Gasteiger partial charge in [0.05, 0.1) is 11.1 Å². The van der Waals surface area contributed by atoms with Crippen LogP contribution in [0.15, 0.2) is 23.1 Å². The minimum absolute atomic E-state index is 0.448. The van der Waals surface area contributed by atoms with Crippen LogP contribution in [0.3, 0.4) is 0 Å². The Bertz CT molecular complexity index is 326. The van der Waals surface area contributed by atoms with Gasteiger partial charge in [-0.15, -0.1) is 11.8 Å². The number of hydrogen-bond acceptors (Lipinski definition) is 2. The number of halogens is 1. The summed E-state index contributed by atoms with van der Waals surface area (Å²) in [7, 11) is 0. The molecule has 1 aromatic rings. The predicted octanol–water partition coefficient (Wildman–Crippen LogP) is 4.68. The van der Waals surface area contributed by atoms with Crippen LogP contribution in [0.4, 0.5) is 0 Å². The molecule has 90 valence electrons. The Hall–Kier alpha value is -0.180. The average Bonchev–Trinajstić information content (AvgIpc) is 2.26. The Morgan fingerprint density at radius 1 is 1.38 bits per heavy atom. The van der Waals surface area contributed by atoms with E-state index in [0.717, 1.165) is 21.2 Å². The van der Waals surface area contributed by atoms with Crippen LogP contribution in [0.5, 0.6) is 0 Å². The Kier molecular flexibility index (Phi) is 6.25. The molecule has 0 bridgehead atoms. The fraction of sp³-hybridized carbons (Fsp3) is 0.538. The molecule has 3 heteroatoms. The quantitative estimate of drug-likeness (QED) is 0.591. The zero-order chi connectivity index (χ0) is 12.0. The third-order valence-electron chi connectivity index (χ3n) is 2.44. The first-order valence-corrected chi connectivity index (χ1v) is 7.11. The van der Waals surface area contributed by atoms with Gasteiger partial charge in [0.1, 0.15) is 0 Å². The molecular formula is C13H19ClOS. The van der Waals surface area contributed by atoms with Gasteiger partial charge >= 0.3 is 0 Å². The summed E-state index contributed by atoms with van der Waals surface area (Å²) in [6, 6.07) is 5.80. The zero-order valence-corrected chi connectivity index (χ0v) is 11.4. The summed E-state index contributed by atoms with van der Waals surface area (Å²) in [5.41, 5.74) is 0.878.